The highest BCUT2D eigenvalue weighted by atomic mass is 79.9. The van der Waals surface area contributed by atoms with Crippen LogP contribution in [0.3, 0.4) is 0 Å². The van der Waals surface area contributed by atoms with E-state index in [1.807, 2.05) is 30.3 Å². The summed E-state index contributed by atoms with van der Waals surface area (Å²) in [6.07, 6.45) is -4.37. The lowest BCUT2D eigenvalue weighted by Crippen LogP contribution is -2.18. The molecule has 0 amide bonds. The number of hydrogen-bond acceptors (Lipinski definition) is 1. The molecule has 1 N–H and O–H groups in total. The quantitative estimate of drug-likeness (QED) is 0.845. The molecule has 0 fully saturated rings. The van der Waals surface area contributed by atoms with Crippen molar-refractivity contribution in [2.45, 2.75) is 12.2 Å². The Kier molecular flexibility index (Phi) is 4.50. The number of halogens is 4. The predicted molar refractivity (Wildman–Crippen MR) is 76.5 cm³/mol. The molecule has 0 bridgehead atoms. The average Bonchev–Trinajstić information content (AvgIpc) is 2.41. The lowest BCUT2D eigenvalue weighted by molar-refractivity contribution is -0.138. The molecule has 0 saturated heterocycles. The second-order valence-corrected chi connectivity index (χ2v) is 5.22. The van der Waals surface area contributed by atoms with Crippen molar-refractivity contribution in [3.63, 3.8) is 0 Å². The molecule has 2 aromatic rings. The summed E-state index contributed by atoms with van der Waals surface area (Å²) in [5.74, 6) is 0. The van der Waals surface area contributed by atoms with E-state index in [0.717, 1.165) is 5.56 Å². The van der Waals surface area contributed by atoms with Crippen LogP contribution in [0.25, 0.3) is 0 Å². The van der Waals surface area contributed by atoms with Gasteiger partial charge in [-0.1, -0.05) is 52.3 Å². The Balaban J connectivity index is 2.46. The average molecular weight is 344 g/mol. The molecule has 0 radical (unpaired) electrons. The minimum absolute atomic E-state index is 0.0525. The minimum atomic E-state index is -4.37. The van der Waals surface area contributed by atoms with Crippen LogP contribution in [0, 0.1) is 0 Å². The van der Waals surface area contributed by atoms with E-state index in [4.69, 9.17) is 0 Å². The Bertz CT molecular complexity index is 581. The molecule has 0 aromatic heterocycles. The normalized spacial score (nSPS) is 13.2. The van der Waals surface area contributed by atoms with Crippen LogP contribution < -0.4 is 5.32 Å². The lowest BCUT2D eigenvalue weighted by Gasteiger charge is -2.19. The van der Waals surface area contributed by atoms with E-state index in [-0.39, 0.29) is 10.5 Å². The van der Waals surface area contributed by atoms with Crippen molar-refractivity contribution < 1.29 is 13.2 Å². The van der Waals surface area contributed by atoms with Gasteiger partial charge in [0.05, 0.1) is 11.6 Å². The highest BCUT2D eigenvalue weighted by Crippen LogP contribution is 2.37. The second-order valence-electron chi connectivity index (χ2n) is 4.37. The van der Waals surface area contributed by atoms with E-state index >= 15 is 0 Å². The van der Waals surface area contributed by atoms with E-state index in [1.54, 1.807) is 13.1 Å². The summed E-state index contributed by atoms with van der Waals surface area (Å²) in [4.78, 5) is 0. The summed E-state index contributed by atoms with van der Waals surface area (Å²) < 4.78 is 38.9. The maximum atomic E-state index is 12.9. The van der Waals surface area contributed by atoms with Gasteiger partial charge in [0.25, 0.3) is 0 Å². The summed E-state index contributed by atoms with van der Waals surface area (Å²) in [7, 11) is 1.73. The molecule has 20 heavy (non-hydrogen) atoms. The lowest BCUT2D eigenvalue weighted by atomic mass is 9.97. The van der Waals surface area contributed by atoms with Crippen LogP contribution >= 0.6 is 15.9 Å². The summed E-state index contributed by atoms with van der Waals surface area (Å²) in [5, 5.41) is 3.05. The van der Waals surface area contributed by atoms with Gasteiger partial charge in [0.2, 0.25) is 0 Å². The Hall–Kier alpha value is -1.33. The third-order valence-corrected chi connectivity index (χ3v) is 3.74. The van der Waals surface area contributed by atoms with Gasteiger partial charge in [-0.25, -0.2) is 0 Å². The first-order valence-corrected chi connectivity index (χ1v) is 6.81. The first kappa shape index (κ1) is 15.1. The van der Waals surface area contributed by atoms with Crippen LogP contribution in [-0.2, 0) is 6.18 Å². The van der Waals surface area contributed by atoms with Gasteiger partial charge in [-0.3, -0.25) is 0 Å². The van der Waals surface area contributed by atoms with E-state index < -0.39 is 11.7 Å². The third kappa shape index (κ3) is 3.22. The maximum Gasteiger partial charge on any atom is 0.417 e. The molecule has 0 saturated carbocycles. The molecule has 0 aliphatic heterocycles. The zero-order valence-electron chi connectivity index (χ0n) is 10.7. The fraction of sp³-hybridized carbons (Fsp3) is 0.200. The van der Waals surface area contributed by atoms with Gasteiger partial charge in [0.15, 0.2) is 0 Å². The fourth-order valence-corrected chi connectivity index (χ4v) is 2.58. The first-order valence-electron chi connectivity index (χ1n) is 6.02. The van der Waals surface area contributed by atoms with Crippen molar-refractivity contribution in [3.8, 4) is 0 Å². The number of nitrogens with one attached hydrogen (secondary N) is 1. The molecule has 2 aromatic carbocycles. The van der Waals surface area contributed by atoms with Crippen molar-refractivity contribution in [2.75, 3.05) is 7.05 Å². The van der Waals surface area contributed by atoms with Gasteiger partial charge in [0.1, 0.15) is 0 Å². The van der Waals surface area contributed by atoms with Crippen LogP contribution in [0.15, 0.2) is 53.0 Å². The van der Waals surface area contributed by atoms with Crippen molar-refractivity contribution in [1.82, 2.24) is 5.32 Å². The molecule has 1 unspecified atom stereocenters. The SMILES string of the molecule is CNC(c1ccccc1)c1ccc(Br)c(C(F)(F)F)c1. The highest BCUT2D eigenvalue weighted by molar-refractivity contribution is 9.10. The third-order valence-electron chi connectivity index (χ3n) is 3.05. The standard InChI is InChI=1S/C15H13BrF3N/c1-20-14(10-5-3-2-4-6-10)11-7-8-13(16)12(9-11)15(17,18)19/h2-9,14,20H,1H3. The first-order chi connectivity index (χ1) is 9.43. The monoisotopic (exact) mass is 343 g/mol. The number of hydrogen-bond donors (Lipinski definition) is 1. The topological polar surface area (TPSA) is 12.0 Å². The van der Waals surface area contributed by atoms with Crippen LogP contribution in [0.4, 0.5) is 13.2 Å². The van der Waals surface area contributed by atoms with E-state index in [2.05, 4.69) is 21.2 Å². The molecule has 2 rings (SSSR count). The van der Waals surface area contributed by atoms with Crippen LogP contribution in [0.2, 0.25) is 0 Å². The van der Waals surface area contributed by atoms with Crippen LogP contribution in [0.5, 0.6) is 0 Å². The van der Waals surface area contributed by atoms with Gasteiger partial charge in [-0.05, 0) is 30.3 Å². The molecule has 1 nitrogen and oxygen atoms in total. The van der Waals surface area contributed by atoms with Gasteiger partial charge in [-0.2, -0.15) is 13.2 Å². The molecule has 1 atom stereocenters. The van der Waals surface area contributed by atoms with E-state index in [0.29, 0.717) is 5.56 Å². The van der Waals surface area contributed by atoms with Gasteiger partial charge in [0, 0.05) is 4.47 Å². The molecule has 0 aliphatic carbocycles. The fourth-order valence-electron chi connectivity index (χ4n) is 2.11. The van der Waals surface area contributed by atoms with E-state index in [9.17, 15) is 13.2 Å². The van der Waals surface area contributed by atoms with E-state index in [1.165, 1.54) is 12.1 Å². The Labute approximate surface area is 123 Å². The number of alkyl halides is 3. The zero-order valence-corrected chi connectivity index (χ0v) is 12.3. The number of benzene rings is 2. The van der Waals surface area contributed by atoms with Crippen LogP contribution in [0.1, 0.15) is 22.7 Å². The minimum Gasteiger partial charge on any atom is -0.309 e. The van der Waals surface area contributed by atoms with Crippen LogP contribution in [-0.4, -0.2) is 7.05 Å². The summed E-state index contributed by atoms with van der Waals surface area (Å²) in [5.41, 5.74) is 0.839. The Morgan fingerprint density at radius 2 is 1.65 bits per heavy atom. The van der Waals surface area contributed by atoms with Gasteiger partial charge in [-0.15, -0.1) is 0 Å². The Morgan fingerprint density at radius 3 is 2.20 bits per heavy atom. The molecular weight excluding hydrogens is 331 g/mol. The molecule has 0 spiro atoms. The molecule has 106 valence electrons. The largest absolute Gasteiger partial charge is 0.417 e. The summed E-state index contributed by atoms with van der Waals surface area (Å²) >= 11 is 2.95. The van der Waals surface area contributed by atoms with Gasteiger partial charge < -0.3 is 5.32 Å². The second kappa shape index (κ2) is 5.97. The zero-order chi connectivity index (χ0) is 14.8. The molecular formula is C15H13BrF3N. The van der Waals surface area contributed by atoms with Crippen molar-refractivity contribution >= 4 is 15.9 Å². The molecule has 5 heteroatoms. The van der Waals surface area contributed by atoms with Crippen molar-refractivity contribution in [2.24, 2.45) is 0 Å². The molecule has 0 heterocycles. The van der Waals surface area contributed by atoms with Gasteiger partial charge >= 0.3 is 6.18 Å². The van der Waals surface area contributed by atoms with Crippen molar-refractivity contribution in [1.29, 1.82) is 0 Å². The van der Waals surface area contributed by atoms with Crippen molar-refractivity contribution in [3.05, 3.63) is 69.7 Å². The highest BCUT2D eigenvalue weighted by Gasteiger charge is 2.33. The smallest absolute Gasteiger partial charge is 0.309 e. The summed E-state index contributed by atoms with van der Waals surface area (Å²) in [6.45, 7) is 0. The Morgan fingerprint density at radius 1 is 1.00 bits per heavy atom. The predicted octanol–water partition coefficient (Wildman–Crippen LogP) is 4.78. The molecule has 0 aliphatic rings. The number of rotatable bonds is 3. The summed E-state index contributed by atoms with van der Waals surface area (Å²) in [6, 6.07) is 13.4. The maximum absolute atomic E-state index is 12.9.